The third-order valence-electron chi connectivity index (χ3n) is 3.68. The van der Waals surface area contributed by atoms with Crippen molar-refractivity contribution >= 4 is 0 Å². The zero-order valence-electron chi connectivity index (χ0n) is 9.84. The van der Waals surface area contributed by atoms with Crippen LogP contribution in [0.2, 0.25) is 0 Å². The molecule has 4 heteroatoms. The molecule has 0 bridgehead atoms. The van der Waals surface area contributed by atoms with E-state index >= 15 is 0 Å². The molecule has 0 heterocycles. The van der Waals surface area contributed by atoms with E-state index in [4.69, 9.17) is 0 Å². The fourth-order valence-corrected chi connectivity index (χ4v) is 2.46. The molecule has 2 nitrogen and oxygen atoms in total. The van der Waals surface area contributed by atoms with Crippen LogP contribution in [-0.4, -0.2) is 18.2 Å². The van der Waals surface area contributed by atoms with Gasteiger partial charge in [-0.2, -0.15) is 0 Å². The van der Waals surface area contributed by atoms with Crippen LogP contribution in [0.3, 0.4) is 0 Å². The molecule has 1 fully saturated rings. The summed E-state index contributed by atoms with van der Waals surface area (Å²) in [4.78, 5) is 0. The van der Waals surface area contributed by atoms with Crippen molar-refractivity contribution in [1.29, 1.82) is 0 Å². The number of rotatable bonds is 2. The molecule has 0 spiro atoms. The highest BCUT2D eigenvalue weighted by atomic mass is 19.2. The maximum Gasteiger partial charge on any atom is 0.159 e. The Morgan fingerprint density at radius 2 is 1.88 bits per heavy atom. The third kappa shape index (κ3) is 2.48. The van der Waals surface area contributed by atoms with Gasteiger partial charge in [0.2, 0.25) is 0 Å². The minimum atomic E-state index is -1.01. The summed E-state index contributed by atoms with van der Waals surface area (Å²) in [5.41, 5.74) is -0.534. The molecule has 1 aliphatic rings. The molecule has 94 valence electrons. The van der Waals surface area contributed by atoms with E-state index in [-0.39, 0.29) is 0 Å². The van der Waals surface area contributed by atoms with Gasteiger partial charge in [0.05, 0.1) is 5.60 Å². The fourth-order valence-electron chi connectivity index (χ4n) is 2.46. The molecule has 1 aromatic carbocycles. The quantitative estimate of drug-likeness (QED) is 0.832. The van der Waals surface area contributed by atoms with Crippen LogP contribution < -0.4 is 5.32 Å². The first-order valence-corrected chi connectivity index (χ1v) is 5.90. The lowest BCUT2D eigenvalue weighted by Crippen LogP contribution is -2.38. The Kier molecular flexibility index (Phi) is 3.45. The molecule has 0 amide bonds. The molecule has 0 aromatic heterocycles. The molecule has 0 aliphatic heterocycles. The number of hydrogen-bond acceptors (Lipinski definition) is 2. The van der Waals surface area contributed by atoms with E-state index in [9.17, 15) is 13.9 Å². The molecule has 0 unspecified atom stereocenters. The van der Waals surface area contributed by atoms with Crippen LogP contribution in [0.1, 0.15) is 31.2 Å². The van der Waals surface area contributed by atoms with E-state index in [2.05, 4.69) is 5.32 Å². The molecule has 2 N–H and O–H groups in total. The summed E-state index contributed by atoms with van der Waals surface area (Å²) in [6.07, 6.45) is 2.82. The van der Waals surface area contributed by atoms with Gasteiger partial charge in [0.1, 0.15) is 0 Å². The van der Waals surface area contributed by atoms with E-state index in [0.29, 0.717) is 24.4 Å². The summed E-state index contributed by atoms with van der Waals surface area (Å²) in [6.45, 7) is 0. The lowest BCUT2D eigenvalue weighted by atomic mass is 9.78. The average Bonchev–Trinajstić information content (AvgIpc) is 2.33. The number of nitrogens with one attached hydrogen (secondary N) is 1. The first-order valence-electron chi connectivity index (χ1n) is 5.90. The number of halogens is 2. The van der Waals surface area contributed by atoms with Crippen LogP contribution in [0, 0.1) is 11.6 Å². The molecule has 17 heavy (non-hydrogen) atoms. The van der Waals surface area contributed by atoms with Gasteiger partial charge in [0, 0.05) is 6.04 Å². The molecular formula is C13H17F2NO. The summed E-state index contributed by atoms with van der Waals surface area (Å²) >= 11 is 0. The Bertz CT molecular complexity index is 400. The van der Waals surface area contributed by atoms with Crippen molar-refractivity contribution in [2.75, 3.05) is 7.05 Å². The van der Waals surface area contributed by atoms with Gasteiger partial charge in [0.15, 0.2) is 11.6 Å². The monoisotopic (exact) mass is 241 g/mol. The van der Waals surface area contributed by atoms with E-state index < -0.39 is 17.2 Å². The standard InChI is InChI=1S/C13H17F2NO/c1-16-10-4-6-13(17,7-5-10)9-2-3-11(14)12(15)8-9/h2-3,8,10,16-17H,4-7H2,1H3. The van der Waals surface area contributed by atoms with Crippen LogP contribution in [0.5, 0.6) is 0 Å². The van der Waals surface area contributed by atoms with Crippen molar-refractivity contribution < 1.29 is 13.9 Å². The maximum atomic E-state index is 13.1. The minimum Gasteiger partial charge on any atom is -0.385 e. The molecule has 1 aliphatic carbocycles. The Labute approximate surface area is 99.7 Å². The predicted octanol–water partition coefficient (Wildman–Crippen LogP) is 2.31. The maximum absolute atomic E-state index is 13.1. The molecule has 2 rings (SSSR count). The van der Waals surface area contributed by atoms with Gasteiger partial charge in [-0.3, -0.25) is 0 Å². The Balaban J connectivity index is 2.18. The zero-order valence-corrected chi connectivity index (χ0v) is 9.84. The van der Waals surface area contributed by atoms with Crippen LogP contribution in [-0.2, 0) is 5.60 Å². The van der Waals surface area contributed by atoms with Gasteiger partial charge in [0.25, 0.3) is 0 Å². The Morgan fingerprint density at radius 3 is 2.41 bits per heavy atom. The van der Waals surface area contributed by atoms with Gasteiger partial charge < -0.3 is 10.4 Å². The van der Waals surface area contributed by atoms with E-state index in [1.165, 1.54) is 6.07 Å². The number of aliphatic hydroxyl groups is 1. The van der Waals surface area contributed by atoms with Gasteiger partial charge in [-0.15, -0.1) is 0 Å². The van der Waals surface area contributed by atoms with Crippen molar-refractivity contribution in [1.82, 2.24) is 5.32 Å². The van der Waals surface area contributed by atoms with Crippen LogP contribution in [0.25, 0.3) is 0 Å². The van der Waals surface area contributed by atoms with E-state index in [1.807, 2.05) is 7.05 Å². The van der Waals surface area contributed by atoms with Crippen molar-refractivity contribution in [3.8, 4) is 0 Å². The average molecular weight is 241 g/mol. The lowest BCUT2D eigenvalue weighted by Gasteiger charge is -2.36. The number of benzene rings is 1. The molecule has 0 radical (unpaired) electrons. The SMILES string of the molecule is CNC1CCC(O)(c2ccc(F)c(F)c2)CC1. The molecular weight excluding hydrogens is 224 g/mol. The third-order valence-corrected chi connectivity index (χ3v) is 3.68. The zero-order chi connectivity index (χ0) is 12.5. The van der Waals surface area contributed by atoms with Gasteiger partial charge in [-0.25, -0.2) is 8.78 Å². The normalized spacial score (nSPS) is 29.3. The minimum absolute atomic E-state index is 0.403. The summed E-state index contributed by atoms with van der Waals surface area (Å²) < 4.78 is 26.0. The van der Waals surface area contributed by atoms with Crippen molar-refractivity contribution in [2.24, 2.45) is 0 Å². The first-order chi connectivity index (χ1) is 8.05. The second-order valence-corrected chi connectivity index (χ2v) is 4.72. The Hall–Kier alpha value is -1.00. The first kappa shape index (κ1) is 12.5. The molecule has 1 saturated carbocycles. The second-order valence-electron chi connectivity index (χ2n) is 4.72. The molecule has 0 atom stereocenters. The highest BCUT2D eigenvalue weighted by Gasteiger charge is 2.34. The van der Waals surface area contributed by atoms with Crippen LogP contribution in [0.15, 0.2) is 18.2 Å². The summed E-state index contributed by atoms with van der Waals surface area (Å²) in [5.74, 6) is -1.77. The van der Waals surface area contributed by atoms with Gasteiger partial charge >= 0.3 is 0 Å². The molecule has 0 saturated heterocycles. The lowest BCUT2D eigenvalue weighted by molar-refractivity contribution is -0.00795. The summed E-state index contributed by atoms with van der Waals surface area (Å²) in [6, 6.07) is 4.06. The second kappa shape index (κ2) is 4.70. The predicted molar refractivity (Wildman–Crippen MR) is 61.6 cm³/mol. The van der Waals surface area contributed by atoms with E-state index in [0.717, 1.165) is 25.0 Å². The highest BCUT2D eigenvalue weighted by Crippen LogP contribution is 2.37. The summed E-state index contributed by atoms with van der Waals surface area (Å²) in [5, 5.41) is 13.6. The molecule has 1 aromatic rings. The topological polar surface area (TPSA) is 32.3 Å². The number of hydrogen-bond donors (Lipinski definition) is 2. The largest absolute Gasteiger partial charge is 0.385 e. The van der Waals surface area contributed by atoms with Gasteiger partial charge in [-0.05, 0) is 50.4 Å². The van der Waals surface area contributed by atoms with Crippen LogP contribution in [0.4, 0.5) is 8.78 Å². The highest BCUT2D eigenvalue weighted by molar-refractivity contribution is 5.24. The van der Waals surface area contributed by atoms with E-state index in [1.54, 1.807) is 0 Å². The smallest absolute Gasteiger partial charge is 0.159 e. The van der Waals surface area contributed by atoms with Crippen molar-refractivity contribution in [2.45, 2.75) is 37.3 Å². The van der Waals surface area contributed by atoms with Crippen LogP contribution >= 0.6 is 0 Å². The summed E-state index contributed by atoms with van der Waals surface area (Å²) in [7, 11) is 1.90. The fraction of sp³-hybridized carbons (Fsp3) is 0.538. The Morgan fingerprint density at radius 1 is 1.24 bits per heavy atom. The van der Waals surface area contributed by atoms with Crippen molar-refractivity contribution in [3.63, 3.8) is 0 Å². The van der Waals surface area contributed by atoms with Gasteiger partial charge in [-0.1, -0.05) is 6.07 Å². The van der Waals surface area contributed by atoms with Crippen molar-refractivity contribution in [3.05, 3.63) is 35.4 Å².